The van der Waals surface area contributed by atoms with Crippen LogP contribution in [0.3, 0.4) is 0 Å². The number of carbonyl (C=O) groups is 3. The highest BCUT2D eigenvalue weighted by Gasteiger charge is 2.40. The summed E-state index contributed by atoms with van der Waals surface area (Å²) in [6.45, 7) is 2.30. The standard InChI is InChI=1S/C25H30B3N3O5/c26-20-13-36-23(28)22(27)31(20)10-14-4-6-15(7-5-14)12-35-19-3-1-2-16-17(19)11-30(25(16)34)18-8-9-21(32)29-24(18)33/h1-7,18,20,22-23H,8-13,26-28H2,(H,29,32,33). The summed E-state index contributed by atoms with van der Waals surface area (Å²) in [5.74, 6) is 0.477. The van der Waals surface area contributed by atoms with Crippen molar-refractivity contribution in [2.75, 3.05) is 6.61 Å². The van der Waals surface area contributed by atoms with E-state index in [0.717, 1.165) is 24.3 Å². The van der Waals surface area contributed by atoms with Crippen LogP contribution in [-0.2, 0) is 34.0 Å². The number of ether oxygens (including phenoxy) is 2. The van der Waals surface area contributed by atoms with Gasteiger partial charge in [-0.15, -0.1) is 0 Å². The molecular weight excluding hydrogens is 455 g/mol. The Labute approximate surface area is 213 Å². The van der Waals surface area contributed by atoms with Crippen molar-refractivity contribution in [3.05, 3.63) is 64.7 Å². The average Bonchev–Trinajstić information content (AvgIpc) is 3.20. The van der Waals surface area contributed by atoms with Gasteiger partial charge in [0, 0.05) is 36.0 Å². The van der Waals surface area contributed by atoms with Gasteiger partial charge in [-0.05, 0) is 35.6 Å². The number of hydrogen-bond donors (Lipinski definition) is 1. The van der Waals surface area contributed by atoms with Crippen LogP contribution in [0.1, 0.15) is 39.9 Å². The van der Waals surface area contributed by atoms with Crippen LogP contribution in [-0.4, -0.2) is 81.6 Å². The van der Waals surface area contributed by atoms with E-state index in [4.69, 9.17) is 9.47 Å². The Bertz CT molecular complexity index is 1180. The third-order valence-electron chi connectivity index (χ3n) is 7.69. The molecule has 0 bridgehead atoms. The van der Waals surface area contributed by atoms with Gasteiger partial charge in [-0.3, -0.25) is 19.7 Å². The topological polar surface area (TPSA) is 88.2 Å². The monoisotopic (exact) mass is 485 g/mol. The molecule has 5 rings (SSSR count). The summed E-state index contributed by atoms with van der Waals surface area (Å²) >= 11 is 0. The van der Waals surface area contributed by atoms with Crippen molar-refractivity contribution >= 4 is 41.3 Å². The molecule has 0 spiro atoms. The number of amides is 3. The van der Waals surface area contributed by atoms with Crippen molar-refractivity contribution in [3.63, 3.8) is 0 Å². The van der Waals surface area contributed by atoms with Crippen molar-refractivity contribution in [1.29, 1.82) is 0 Å². The number of morpholine rings is 1. The van der Waals surface area contributed by atoms with Gasteiger partial charge in [0.15, 0.2) is 0 Å². The number of piperidine rings is 1. The van der Waals surface area contributed by atoms with Crippen molar-refractivity contribution < 1.29 is 23.9 Å². The minimum absolute atomic E-state index is 0.199. The van der Waals surface area contributed by atoms with Crippen molar-refractivity contribution in [2.45, 2.75) is 56.5 Å². The van der Waals surface area contributed by atoms with Gasteiger partial charge in [-0.2, -0.15) is 0 Å². The SMILES string of the molecule is BC1OCC(B)N(Cc2ccc(COc3cccc4c3CN(C3CCC(=O)NC3=O)C4=O)cc2)C1B. The fourth-order valence-corrected chi connectivity index (χ4v) is 5.30. The van der Waals surface area contributed by atoms with Crippen LogP contribution in [0.15, 0.2) is 42.5 Å². The minimum Gasteiger partial charge on any atom is -0.489 e. The Kier molecular flexibility index (Phi) is 6.95. The molecule has 0 radical (unpaired) electrons. The molecule has 3 amide bonds. The first-order valence-corrected chi connectivity index (χ1v) is 12.7. The summed E-state index contributed by atoms with van der Waals surface area (Å²) in [6, 6.07) is 13.5. The number of nitrogens with zero attached hydrogens (tertiary/aromatic N) is 2. The van der Waals surface area contributed by atoms with E-state index in [9.17, 15) is 14.4 Å². The maximum Gasteiger partial charge on any atom is 0.255 e. The third kappa shape index (κ3) is 4.82. The maximum absolute atomic E-state index is 13.0. The van der Waals surface area contributed by atoms with Crippen molar-refractivity contribution in [1.82, 2.24) is 15.1 Å². The molecule has 8 nitrogen and oxygen atoms in total. The zero-order chi connectivity index (χ0) is 25.4. The lowest BCUT2D eigenvalue weighted by Gasteiger charge is -2.43. The van der Waals surface area contributed by atoms with Crippen LogP contribution in [0.25, 0.3) is 0 Å². The molecule has 0 aromatic heterocycles. The van der Waals surface area contributed by atoms with Gasteiger partial charge in [-0.1, -0.05) is 30.3 Å². The molecule has 4 unspecified atom stereocenters. The number of fused-ring (bicyclic) bond motifs is 1. The molecule has 184 valence electrons. The summed E-state index contributed by atoms with van der Waals surface area (Å²) in [7, 11) is 6.55. The maximum atomic E-state index is 13.0. The van der Waals surface area contributed by atoms with E-state index >= 15 is 0 Å². The molecule has 3 aliphatic heterocycles. The number of benzene rings is 2. The van der Waals surface area contributed by atoms with Gasteiger partial charge in [0.2, 0.25) is 11.8 Å². The first-order valence-electron chi connectivity index (χ1n) is 12.7. The van der Waals surface area contributed by atoms with E-state index in [1.165, 1.54) is 5.56 Å². The molecule has 36 heavy (non-hydrogen) atoms. The molecule has 3 heterocycles. The third-order valence-corrected chi connectivity index (χ3v) is 7.69. The van der Waals surface area contributed by atoms with Crippen LogP contribution in [0, 0.1) is 0 Å². The van der Waals surface area contributed by atoms with E-state index in [0.29, 0.717) is 42.8 Å². The lowest BCUT2D eigenvalue weighted by Crippen LogP contribution is -2.57. The van der Waals surface area contributed by atoms with Crippen LogP contribution < -0.4 is 10.1 Å². The van der Waals surface area contributed by atoms with Crippen LogP contribution in [0.5, 0.6) is 5.75 Å². The van der Waals surface area contributed by atoms with Crippen LogP contribution >= 0.6 is 0 Å². The second kappa shape index (κ2) is 10.1. The molecule has 2 aromatic rings. The van der Waals surface area contributed by atoms with Gasteiger partial charge >= 0.3 is 0 Å². The Morgan fingerprint density at radius 3 is 2.53 bits per heavy atom. The molecule has 1 N–H and O–H groups in total. The fourth-order valence-electron chi connectivity index (χ4n) is 5.30. The molecule has 3 aliphatic rings. The van der Waals surface area contributed by atoms with Gasteiger partial charge in [0.1, 0.15) is 41.9 Å². The second-order valence-electron chi connectivity index (χ2n) is 10.1. The molecule has 2 fully saturated rings. The Balaban J connectivity index is 1.23. The molecule has 11 heteroatoms. The molecule has 4 atom stereocenters. The van der Waals surface area contributed by atoms with Crippen molar-refractivity contribution in [2.24, 2.45) is 0 Å². The molecular formula is C25H30B3N3O5. The zero-order valence-corrected chi connectivity index (χ0v) is 21.0. The highest BCUT2D eigenvalue weighted by molar-refractivity contribution is 6.22. The zero-order valence-electron chi connectivity index (χ0n) is 21.0. The molecule has 2 aromatic carbocycles. The summed E-state index contributed by atoms with van der Waals surface area (Å²) in [5, 5.41) is 2.34. The van der Waals surface area contributed by atoms with Gasteiger partial charge in [-0.25, -0.2) is 0 Å². The summed E-state index contributed by atoms with van der Waals surface area (Å²) in [6.07, 6.45) is 0.576. The highest BCUT2D eigenvalue weighted by atomic mass is 16.5. The largest absolute Gasteiger partial charge is 0.489 e. The Morgan fingerprint density at radius 2 is 1.78 bits per heavy atom. The normalized spacial score (nSPS) is 26.6. The predicted molar refractivity (Wildman–Crippen MR) is 142 cm³/mol. The van der Waals surface area contributed by atoms with E-state index in [-0.39, 0.29) is 24.2 Å². The van der Waals surface area contributed by atoms with E-state index in [2.05, 4.69) is 58.0 Å². The van der Waals surface area contributed by atoms with Gasteiger partial charge in [0.25, 0.3) is 5.91 Å². The first kappa shape index (κ1) is 24.7. The quantitative estimate of drug-likeness (QED) is 0.407. The molecule has 0 aliphatic carbocycles. The Hall–Kier alpha value is -3.04. The highest BCUT2D eigenvalue weighted by Crippen LogP contribution is 2.34. The first-order chi connectivity index (χ1) is 17.3. The molecule has 0 saturated carbocycles. The summed E-state index contributed by atoms with van der Waals surface area (Å²) in [4.78, 5) is 40.9. The van der Waals surface area contributed by atoms with E-state index in [1.54, 1.807) is 17.0 Å². The summed E-state index contributed by atoms with van der Waals surface area (Å²) in [5.41, 5.74) is 3.63. The van der Waals surface area contributed by atoms with Crippen molar-refractivity contribution in [3.8, 4) is 5.75 Å². The lowest BCUT2D eigenvalue weighted by molar-refractivity contribution is -0.136. The minimum atomic E-state index is -0.636. The summed E-state index contributed by atoms with van der Waals surface area (Å²) < 4.78 is 12.0. The van der Waals surface area contributed by atoms with Gasteiger partial charge < -0.3 is 19.3 Å². The second-order valence-corrected chi connectivity index (χ2v) is 10.1. The lowest BCUT2D eigenvalue weighted by atomic mass is 9.74. The average molecular weight is 485 g/mol. The van der Waals surface area contributed by atoms with E-state index in [1.807, 2.05) is 6.07 Å². The number of rotatable bonds is 6. The predicted octanol–water partition coefficient (Wildman–Crippen LogP) is -1.26. The van der Waals surface area contributed by atoms with Gasteiger partial charge in [0.05, 0.1) is 13.2 Å². The van der Waals surface area contributed by atoms with Crippen LogP contribution in [0.4, 0.5) is 0 Å². The molecule has 2 saturated heterocycles. The number of hydrogen-bond acceptors (Lipinski definition) is 6. The smallest absolute Gasteiger partial charge is 0.255 e. The van der Waals surface area contributed by atoms with E-state index < -0.39 is 11.9 Å². The Morgan fingerprint density at radius 1 is 1.03 bits per heavy atom. The van der Waals surface area contributed by atoms with Crippen LogP contribution in [0.2, 0.25) is 0 Å². The number of nitrogens with one attached hydrogen (secondary N) is 1. The fraction of sp³-hybridized carbons (Fsp3) is 0.400. The number of carbonyl (C=O) groups excluding carboxylic acids is 3. The number of imide groups is 1.